The molecule has 0 saturated heterocycles. The minimum absolute atomic E-state index is 0.125. The number of tetrazole rings is 1. The number of aromatic amines is 1. The number of aromatic nitrogens is 4. The van der Waals surface area contributed by atoms with Crippen LogP contribution >= 0.6 is 0 Å². The molecule has 8 nitrogen and oxygen atoms in total. The van der Waals surface area contributed by atoms with Gasteiger partial charge in [0, 0.05) is 6.08 Å². The van der Waals surface area contributed by atoms with Crippen LogP contribution in [-0.2, 0) is 4.79 Å². The van der Waals surface area contributed by atoms with E-state index >= 15 is 0 Å². The molecule has 3 rings (SSSR count). The maximum absolute atomic E-state index is 11.5. The van der Waals surface area contributed by atoms with E-state index in [1.54, 1.807) is 18.2 Å². The van der Waals surface area contributed by atoms with Crippen molar-refractivity contribution in [3.8, 4) is 11.5 Å². The number of hydrogen-bond donors (Lipinski definition) is 2. The molecule has 0 aliphatic carbocycles. The summed E-state index contributed by atoms with van der Waals surface area (Å²) in [6, 6.07) is 5.41. The van der Waals surface area contributed by atoms with Crippen molar-refractivity contribution in [2.45, 2.75) is 0 Å². The van der Waals surface area contributed by atoms with Crippen LogP contribution in [0, 0.1) is 0 Å². The number of nitrogens with one attached hydrogen (secondary N) is 2. The molecule has 0 unspecified atom stereocenters. The summed E-state index contributed by atoms with van der Waals surface area (Å²) in [4.78, 5) is 11.5. The molecule has 1 amide bonds. The summed E-state index contributed by atoms with van der Waals surface area (Å²) in [5.74, 6) is 1.15. The number of amides is 1. The third-order valence-electron chi connectivity index (χ3n) is 2.40. The summed E-state index contributed by atoms with van der Waals surface area (Å²) in [7, 11) is 0. The highest BCUT2D eigenvalue weighted by Gasteiger charge is 2.12. The number of fused-ring (bicyclic) bond motifs is 1. The van der Waals surface area contributed by atoms with Gasteiger partial charge >= 0.3 is 0 Å². The maximum Gasteiger partial charge on any atom is 0.270 e. The van der Waals surface area contributed by atoms with Crippen LogP contribution in [0.15, 0.2) is 24.3 Å². The highest BCUT2D eigenvalue weighted by atomic mass is 16.7. The number of hydrogen-bond acceptors (Lipinski definition) is 6. The molecular weight excluding hydrogens is 250 g/mol. The fourth-order valence-electron chi connectivity index (χ4n) is 1.56. The zero-order valence-corrected chi connectivity index (χ0v) is 9.66. The molecule has 19 heavy (non-hydrogen) atoms. The number of anilines is 1. The molecule has 0 bridgehead atoms. The molecule has 2 aromatic rings. The van der Waals surface area contributed by atoms with Gasteiger partial charge in [-0.1, -0.05) is 11.2 Å². The molecule has 0 atom stereocenters. The quantitative estimate of drug-likeness (QED) is 0.782. The van der Waals surface area contributed by atoms with E-state index in [1.807, 2.05) is 6.07 Å². The first-order valence-electron chi connectivity index (χ1n) is 5.43. The Hall–Kier alpha value is -2.90. The Morgan fingerprint density at radius 1 is 1.37 bits per heavy atom. The first-order valence-corrected chi connectivity index (χ1v) is 5.43. The summed E-state index contributed by atoms with van der Waals surface area (Å²) in [6.07, 6.45) is 3.02. The lowest BCUT2D eigenvalue weighted by molar-refractivity contribution is -0.111. The van der Waals surface area contributed by atoms with Gasteiger partial charge in [0.25, 0.3) is 11.9 Å². The average Bonchev–Trinajstić information content (AvgIpc) is 3.06. The Kier molecular flexibility index (Phi) is 2.81. The second-order valence-corrected chi connectivity index (χ2v) is 3.67. The lowest BCUT2D eigenvalue weighted by Crippen LogP contribution is -2.09. The molecule has 1 aliphatic heterocycles. The monoisotopic (exact) mass is 259 g/mol. The van der Waals surface area contributed by atoms with Crippen LogP contribution in [0.3, 0.4) is 0 Å². The molecule has 0 fully saturated rings. The van der Waals surface area contributed by atoms with E-state index in [0.29, 0.717) is 11.5 Å². The van der Waals surface area contributed by atoms with E-state index in [-0.39, 0.29) is 18.6 Å². The molecule has 0 radical (unpaired) electrons. The SMILES string of the molecule is O=C(/C=C/c1ccc2c(c1)OCO2)Nc1nn[nH]n1. The minimum Gasteiger partial charge on any atom is -0.454 e. The zero-order valence-electron chi connectivity index (χ0n) is 9.66. The molecule has 8 heteroatoms. The Labute approximate surface area is 107 Å². The highest BCUT2D eigenvalue weighted by molar-refractivity contribution is 6.00. The predicted octanol–water partition coefficient (Wildman–Crippen LogP) is 0.580. The number of carbonyl (C=O) groups is 1. The number of benzene rings is 1. The number of H-pyrrole nitrogens is 1. The summed E-state index contributed by atoms with van der Waals surface area (Å²) in [5, 5.41) is 15.2. The number of carbonyl (C=O) groups excluding carboxylic acids is 1. The molecular formula is C11H9N5O3. The molecule has 1 aromatic heterocycles. The van der Waals surface area contributed by atoms with Crippen molar-refractivity contribution >= 4 is 17.9 Å². The Morgan fingerprint density at radius 2 is 2.26 bits per heavy atom. The molecule has 1 aromatic carbocycles. The average molecular weight is 259 g/mol. The van der Waals surface area contributed by atoms with Gasteiger partial charge in [0.05, 0.1) is 0 Å². The van der Waals surface area contributed by atoms with Crippen molar-refractivity contribution in [2.75, 3.05) is 12.1 Å². The van der Waals surface area contributed by atoms with E-state index in [0.717, 1.165) is 5.56 Å². The van der Waals surface area contributed by atoms with E-state index in [1.165, 1.54) is 6.08 Å². The third-order valence-corrected chi connectivity index (χ3v) is 2.40. The van der Waals surface area contributed by atoms with Crippen LogP contribution < -0.4 is 14.8 Å². The van der Waals surface area contributed by atoms with Gasteiger partial charge in [-0.05, 0) is 29.0 Å². The smallest absolute Gasteiger partial charge is 0.270 e. The van der Waals surface area contributed by atoms with Crippen LogP contribution in [-0.4, -0.2) is 33.3 Å². The van der Waals surface area contributed by atoms with Crippen molar-refractivity contribution in [3.05, 3.63) is 29.8 Å². The standard InChI is InChI=1S/C11H9N5O3/c17-10(12-11-13-15-16-14-11)4-2-7-1-3-8-9(5-7)19-6-18-8/h1-5H,6H2,(H2,12,13,14,15,16,17)/b4-2+. The Morgan fingerprint density at radius 3 is 3.11 bits per heavy atom. The van der Waals surface area contributed by atoms with Crippen molar-refractivity contribution in [2.24, 2.45) is 0 Å². The van der Waals surface area contributed by atoms with Crippen LogP contribution in [0.25, 0.3) is 6.08 Å². The first-order chi connectivity index (χ1) is 9.31. The maximum atomic E-state index is 11.5. The van der Waals surface area contributed by atoms with E-state index in [4.69, 9.17) is 9.47 Å². The van der Waals surface area contributed by atoms with E-state index in [2.05, 4.69) is 25.9 Å². The van der Waals surface area contributed by atoms with Gasteiger partial charge in [-0.3, -0.25) is 10.1 Å². The second kappa shape index (κ2) is 4.77. The van der Waals surface area contributed by atoms with Gasteiger partial charge in [-0.25, -0.2) is 0 Å². The van der Waals surface area contributed by atoms with Crippen molar-refractivity contribution in [1.29, 1.82) is 0 Å². The van der Waals surface area contributed by atoms with Crippen LogP contribution in [0.5, 0.6) is 11.5 Å². The summed E-state index contributed by atoms with van der Waals surface area (Å²) < 4.78 is 10.4. The van der Waals surface area contributed by atoms with Crippen molar-refractivity contribution in [3.63, 3.8) is 0 Å². The minimum atomic E-state index is -0.348. The number of ether oxygens (including phenoxy) is 2. The third kappa shape index (κ3) is 2.51. The van der Waals surface area contributed by atoms with Gasteiger partial charge in [-0.15, -0.1) is 5.10 Å². The van der Waals surface area contributed by atoms with Crippen LogP contribution in [0.4, 0.5) is 5.95 Å². The second-order valence-electron chi connectivity index (χ2n) is 3.67. The molecule has 96 valence electrons. The van der Waals surface area contributed by atoms with E-state index < -0.39 is 0 Å². The Bertz CT molecular complexity index is 623. The topological polar surface area (TPSA) is 102 Å². The fraction of sp³-hybridized carbons (Fsp3) is 0.0909. The normalized spacial score (nSPS) is 12.8. The summed E-state index contributed by atoms with van der Waals surface area (Å²) in [6.45, 7) is 0.223. The van der Waals surface area contributed by atoms with Gasteiger partial charge < -0.3 is 9.47 Å². The van der Waals surface area contributed by atoms with Crippen molar-refractivity contribution in [1.82, 2.24) is 20.6 Å². The molecule has 2 N–H and O–H groups in total. The van der Waals surface area contributed by atoms with Gasteiger partial charge in [0.1, 0.15) is 0 Å². The summed E-state index contributed by atoms with van der Waals surface area (Å²) >= 11 is 0. The van der Waals surface area contributed by atoms with Crippen LogP contribution in [0.2, 0.25) is 0 Å². The van der Waals surface area contributed by atoms with Gasteiger partial charge in [-0.2, -0.15) is 5.21 Å². The highest BCUT2D eigenvalue weighted by Crippen LogP contribution is 2.32. The lowest BCUT2D eigenvalue weighted by atomic mass is 10.2. The van der Waals surface area contributed by atoms with Gasteiger partial charge in [0.2, 0.25) is 6.79 Å². The first kappa shape index (κ1) is 11.2. The molecule has 2 heterocycles. The Balaban J connectivity index is 1.67. The lowest BCUT2D eigenvalue weighted by Gasteiger charge is -1.97. The molecule has 0 saturated carbocycles. The van der Waals surface area contributed by atoms with E-state index in [9.17, 15) is 4.79 Å². The predicted molar refractivity (Wildman–Crippen MR) is 64.4 cm³/mol. The molecule has 0 spiro atoms. The molecule has 1 aliphatic rings. The van der Waals surface area contributed by atoms with Gasteiger partial charge in [0.15, 0.2) is 11.5 Å². The number of rotatable bonds is 3. The number of nitrogens with zero attached hydrogens (tertiary/aromatic N) is 3. The zero-order chi connectivity index (χ0) is 13.1. The summed E-state index contributed by atoms with van der Waals surface area (Å²) in [5.41, 5.74) is 0.826. The van der Waals surface area contributed by atoms with Crippen LogP contribution in [0.1, 0.15) is 5.56 Å². The van der Waals surface area contributed by atoms with Crippen molar-refractivity contribution < 1.29 is 14.3 Å². The largest absolute Gasteiger partial charge is 0.454 e. The fourth-order valence-corrected chi connectivity index (χ4v) is 1.56.